The molecule has 0 fully saturated rings. The second-order valence-electron chi connectivity index (χ2n) is 3.32. The third-order valence-electron chi connectivity index (χ3n) is 2.20. The van der Waals surface area contributed by atoms with Crippen LogP contribution in [0.25, 0.3) is 5.65 Å². The lowest BCUT2D eigenvalue weighted by Crippen LogP contribution is -1.99. The molecule has 2 aromatic heterocycles. The van der Waals surface area contributed by atoms with Crippen molar-refractivity contribution in [1.82, 2.24) is 14.6 Å². The number of aromatic nitrogens is 3. The van der Waals surface area contributed by atoms with Gasteiger partial charge in [-0.3, -0.25) is 0 Å². The molecule has 0 amide bonds. The number of fused-ring (bicyclic) bond motifs is 1. The summed E-state index contributed by atoms with van der Waals surface area (Å²) in [5, 5.41) is 4.33. The van der Waals surface area contributed by atoms with E-state index in [2.05, 4.69) is 10.1 Å². The van der Waals surface area contributed by atoms with Gasteiger partial charge < -0.3 is 10.5 Å². The first-order chi connectivity index (χ1) is 7.33. The fraction of sp³-hybridized carbons (Fsp3) is 0.400. The Hall–Kier alpha value is -1.46. The number of methoxy groups -OCH3 is 1. The second-order valence-corrected chi connectivity index (χ2v) is 3.32. The maximum atomic E-state index is 5.55. The lowest BCUT2D eigenvalue weighted by Gasteiger charge is -1.95. The van der Waals surface area contributed by atoms with E-state index in [0.29, 0.717) is 13.2 Å². The minimum atomic E-state index is 0.517. The Morgan fingerprint density at radius 1 is 1.47 bits per heavy atom. The van der Waals surface area contributed by atoms with Crippen molar-refractivity contribution in [2.75, 3.05) is 13.7 Å². The molecule has 0 saturated heterocycles. The van der Waals surface area contributed by atoms with Crippen LogP contribution in [0, 0.1) is 0 Å². The van der Waals surface area contributed by atoms with Crippen LogP contribution in [0.1, 0.15) is 11.4 Å². The number of ether oxygens (including phenoxy) is 1. The molecule has 0 aliphatic rings. The molecule has 0 aliphatic heterocycles. The average Bonchev–Trinajstić information content (AvgIpc) is 2.67. The van der Waals surface area contributed by atoms with Gasteiger partial charge in [-0.2, -0.15) is 5.10 Å². The third kappa shape index (κ3) is 2.14. The Bertz CT molecular complexity index is 452. The van der Waals surface area contributed by atoms with Crippen LogP contribution in [0.5, 0.6) is 0 Å². The summed E-state index contributed by atoms with van der Waals surface area (Å²) < 4.78 is 6.73. The summed E-state index contributed by atoms with van der Waals surface area (Å²) in [6, 6.07) is 3.88. The van der Waals surface area contributed by atoms with Crippen LogP contribution in [0.2, 0.25) is 0 Å². The minimum Gasteiger partial charge on any atom is -0.384 e. The van der Waals surface area contributed by atoms with E-state index >= 15 is 0 Å². The highest BCUT2D eigenvalue weighted by atomic mass is 16.5. The van der Waals surface area contributed by atoms with Crippen molar-refractivity contribution >= 4 is 5.65 Å². The zero-order valence-electron chi connectivity index (χ0n) is 8.68. The number of rotatable bonds is 4. The lowest BCUT2D eigenvalue weighted by atomic mass is 10.3. The van der Waals surface area contributed by atoms with Gasteiger partial charge in [-0.05, 0) is 11.6 Å². The first-order valence-electron chi connectivity index (χ1n) is 4.86. The number of hydrogen-bond acceptors (Lipinski definition) is 4. The molecule has 0 aromatic carbocycles. The van der Waals surface area contributed by atoms with Gasteiger partial charge in [0, 0.05) is 26.3 Å². The smallest absolute Gasteiger partial charge is 0.155 e. The summed E-state index contributed by atoms with van der Waals surface area (Å²) in [5.41, 5.74) is 7.44. The Kier molecular flexibility index (Phi) is 2.94. The first kappa shape index (κ1) is 10.1. The van der Waals surface area contributed by atoms with Gasteiger partial charge in [0.05, 0.1) is 6.61 Å². The van der Waals surface area contributed by atoms with Crippen molar-refractivity contribution in [3.8, 4) is 0 Å². The van der Waals surface area contributed by atoms with Crippen molar-refractivity contribution in [2.45, 2.75) is 13.0 Å². The molecule has 5 nitrogen and oxygen atoms in total. The normalized spacial score (nSPS) is 11.1. The van der Waals surface area contributed by atoms with Crippen LogP contribution >= 0.6 is 0 Å². The van der Waals surface area contributed by atoms with Crippen LogP contribution in [0.15, 0.2) is 18.3 Å². The van der Waals surface area contributed by atoms with Crippen LogP contribution < -0.4 is 5.73 Å². The van der Waals surface area contributed by atoms with Crippen molar-refractivity contribution in [3.05, 3.63) is 29.7 Å². The maximum Gasteiger partial charge on any atom is 0.155 e. The molecule has 0 saturated carbocycles. The molecule has 0 aliphatic carbocycles. The van der Waals surface area contributed by atoms with Gasteiger partial charge in [0.25, 0.3) is 0 Å². The molecular weight excluding hydrogens is 192 g/mol. The Labute approximate surface area is 87.9 Å². The summed E-state index contributed by atoms with van der Waals surface area (Å²) in [6.45, 7) is 1.16. The van der Waals surface area contributed by atoms with E-state index in [1.807, 2.05) is 18.3 Å². The zero-order chi connectivity index (χ0) is 10.7. The van der Waals surface area contributed by atoms with Crippen LogP contribution in [-0.4, -0.2) is 28.3 Å². The van der Waals surface area contributed by atoms with Crippen LogP contribution in [0.4, 0.5) is 0 Å². The molecule has 2 aromatic rings. The molecule has 2 rings (SSSR count). The van der Waals surface area contributed by atoms with E-state index < -0.39 is 0 Å². The van der Waals surface area contributed by atoms with Gasteiger partial charge in [0.1, 0.15) is 0 Å². The topological polar surface area (TPSA) is 65.4 Å². The van der Waals surface area contributed by atoms with Crippen LogP contribution in [0.3, 0.4) is 0 Å². The summed E-state index contributed by atoms with van der Waals surface area (Å²) in [5.74, 6) is 0.797. The van der Waals surface area contributed by atoms with Gasteiger partial charge in [-0.1, -0.05) is 6.07 Å². The fourth-order valence-electron chi connectivity index (χ4n) is 1.39. The molecule has 2 heterocycles. The van der Waals surface area contributed by atoms with E-state index in [-0.39, 0.29) is 0 Å². The highest BCUT2D eigenvalue weighted by molar-refractivity contribution is 5.38. The Morgan fingerprint density at radius 3 is 3.07 bits per heavy atom. The Morgan fingerprint density at radius 2 is 2.33 bits per heavy atom. The van der Waals surface area contributed by atoms with E-state index in [1.54, 1.807) is 11.6 Å². The third-order valence-corrected chi connectivity index (χ3v) is 2.20. The standard InChI is InChI=1S/C10H14N4O/c1-15-5-4-9-12-10-3-2-8(6-11)7-14(10)13-9/h2-3,7H,4-6,11H2,1H3. The maximum absolute atomic E-state index is 5.55. The van der Waals surface area contributed by atoms with E-state index in [0.717, 1.165) is 23.5 Å². The number of hydrogen-bond donors (Lipinski definition) is 1. The summed E-state index contributed by atoms with van der Waals surface area (Å²) in [4.78, 5) is 4.36. The molecule has 0 radical (unpaired) electrons. The fourth-order valence-corrected chi connectivity index (χ4v) is 1.39. The first-order valence-corrected chi connectivity index (χ1v) is 4.86. The number of nitrogens with two attached hydrogens (primary N) is 1. The largest absolute Gasteiger partial charge is 0.384 e. The molecule has 0 bridgehead atoms. The van der Waals surface area contributed by atoms with Crippen molar-refractivity contribution < 1.29 is 4.74 Å². The van der Waals surface area contributed by atoms with E-state index in [1.165, 1.54) is 0 Å². The SMILES string of the molecule is COCCc1nc2ccc(CN)cn2n1. The van der Waals surface area contributed by atoms with Gasteiger partial charge in [-0.15, -0.1) is 0 Å². The summed E-state index contributed by atoms with van der Waals surface area (Å²) >= 11 is 0. The Balaban J connectivity index is 2.29. The highest BCUT2D eigenvalue weighted by Gasteiger charge is 2.03. The highest BCUT2D eigenvalue weighted by Crippen LogP contribution is 2.04. The van der Waals surface area contributed by atoms with Crippen molar-refractivity contribution in [1.29, 1.82) is 0 Å². The predicted octanol–water partition coefficient (Wildman–Crippen LogP) is 0.377. The van der Waals surface area contributed by atoms with Crippen LogP contribution in [-0.2, 0) is 17.7 Å². The van der Waals surface area contributed by atoms with E-state index in [4.69, 9.17) is 10.5 Å². The zero-order valence-corrected chi connectivity index (χ0v) is 8.68. The molecule has 15 heavy (non-hydrogen) atoms. The van der Waals surface area contributed by atoms with Gasteiger partial charge in [0.2, 0.25) is 0 Å². The van der Waals surface area contributed by atoms with Gasteiger partial charge in [-0.25, -0.2) is 9.50 Å². The number of pyridine rings is 1. The molecular formula is C10H14N4O. The quantitative estimate of drug-likeness (QED) is 0.785. The average molecular weight is 206 g/mol. The summed E-state index contributed by atoms with van der Waals surface area (Å²) in [6.07, 6.45) is 2.63. The monoisotopic (exact) mass is 206 g/mol. The summed E-state index contributed by atoms with van der Waals surface area (Å²) in [7, 11) is 1.67. The molecule has 0 spiro atoms. The van der Waals surface area contributed by atoms with Gasteiger partial charge in [0.15, 0.2) is 11.5 Å². The van der Waals surface area contributed by atoms with Gasteiger partial charge >= 0.3 is 0 Å². The molecule has 0 unspecified atom stereocenters. The second kappa shape index (κ2) is 4.37. The molecule has 80 valence electrons. The van der Waals surface area contributed by atoms with Crippen molar-refractivity contribution in [3.63, 3.8) is 0 Å². The predicted molar refractivity (Wildman–Crippen MR) is 56.5 cm³/mol. The molecule has 0 atom stereocenters. The molecule has 5 heteroatoms. The lowest BCUT2D eigenvalue weighted by molar-refractivity contribution is 0.200. The van der Waals surface area contributed by atoms with E-state index in [9.17, 15) is 0 Å². The number of nitrogens with zero attached hydrogens (tertiary/aromatic N) is 3. The van der Waals surface area contributed by atoms with Crippen molar-refractivity contribution in [2.24, 2.45) is 5.73 Å². The molecule has 2 N–H and O–H groups in total. The minimum absolute atomic E-state index is 0.517.